The monoisotopic (exact) mass is 252 g/mol. The average Bonchev–Trinajstić information content (AvgIpc) is 2.78. The first-order chi connectivity index (χ1) is 8.52. The number of aliphatic hydroxyl groups is 4. The van der Waals surface area contributed by atoms with Crippen LogP contribution in [0.1, 0.15) is 17.5 Å². The van der Waals surface area contributed by atoms with Gasteiger partial charge in [-0.05, 0) is 24.6 Å². The molecule has 3 atom stereocenters. The number of aromatic nitrogens is 2. The Morgan fingerprint density at radius 3 is 2.67 bits per heavy atom. The molecule has 2 aromatic rings. The van der Waals surface area contributed by atoms with Gasteiger partial charge in [0.15, 0.2) is 0 Å². The van der Waals surface area contributed by atoms with Crippen molar-refractivity contribution in [3.05, 3.63) is 29.6 Å². The predicted octanol–water partition coefficient (Wildman–Crippen LogP) is -0.381. The Bertz CT molecular complexity index is 540. The summed E-state index contributed by atoms with van der Waals surface area (Å²) in [5, 5.41) is 37.4. The lowest BCUT2D eigenvalue weighted by molar-refractivity contribution is -0.0800. The third kappa shape index (κ3) is 2.37. The molecule has 18 heavy (non-hydrogen) atoms. The number of aromatic amines is 1. The molecular weight excluding hydrogens is 236 g/mol. The fraction of sp³-hybridized carbons (Fsp3) is 0.417. The summed E-state index contributed by atoms with van der Waals surface area (Å²) in [7, 11) is 0. The Hall–Kier alpha value is -1.47. The van der Waals surface area contributed by atoms with Crippen molar-refractivity contribution in [1.29, 1.82) is 0 Å². The van der Waals surface area contributed by atoms with Gasteiger partial charge in [0.25, 0.3) is 0 Å². The molecule has 1 heterocycles. The topological polar surface area (TPSA) is 110 Å². The minimum absolute atomic E-state index is 0.163. The van der Waals surface area contributed by atoms with E-state index in [0.29, 0.717) is 5.52 Å². The third-order valence-electron chi connectivity index (χ3n) is 2.84. The number of hydrogen-bond acceptors (Lipinski definition) is 5. The van der Waals surface area contributed by atoms with E-state index in [1.807, 2.05) is 19.1 Å². The van der Waals surface area contributed by atoms with Gasteiger partial charge in [0.1, 0.15) is 24.1 Å². The van der Waals surface area contributed by atoms with Crippen molar-refractivity contribution in [1.82, 2.24) is 9.97 Å². The van der Waals surface area contributed by atoms with E-state index in [0.717, 1.165) is 11.1 Å². The third-order valence-corrected chi connectivity index (χ3v) is 2.84. The first kappa shape index (κ1) is 13.0. The number of aryl methyl sites for hydroxylation is 1. The Labute approximate surface area is 104 Å². The number of benzene rings is 1. The zero-order valence-electron chi connectivity index (χ0n) is 9.91. The van der Waals surface area contributed by atoms with Gasteiger partial charge in [0, 0.05) is 0 Å². The van der Waals surface area contributed by atoms with Crippen molar-refractivity contribution < 1.29 is 20.4 Å². The molecule has 0 saturated carbocycles. The first-order valence-electron chi connectivity index (χ1n) is 5.64. The van der Waals surface area contributed by atoms with Gasteiger partial charge >= 0.3 is 0 Å². The van der Waals surface area contributed by atoms with Gasteiger partial charge in [0.05, 0.1) is 17.6 Å². The van der Waals surface area contributed by atoms with Crippen molar-refractivity contribution in [2.45, 2.75) is 25.2 Å². The molecule has 6 heteroatoms. The van der Waals surface area contributed by atoms with Crippen molar-refractivity contribution >= 4 is 11.0 Å². The normalized spacial score (nSPS) is 16.7. The van der Waals surface area contributed by atoms with Crippen molar-refractivity contribution in [3.63, 3.8) is 0 Å². The second kappa shape index (κ2) is 5.03. The highest BCUT2D eigenvalue weighted by Gasteiger charge is 2.27. The van der Waals surface area contributed by atoms with Gasteiger partial charge in [-0.15, -0.1) is 0 Å². The summed E-state index contributed by atoms with van der Waals surface area (Å²) in [5.41, 5.74) is 2.46. The molecule has 5 N–H and O–H groups in total. The number of aliphatic hydroxyl groups excluding tert-OH is 4. The van der Waals surface area contributed by atoms with Crippen LogP contribution in [0.15, 0.2) is 18.2 Å². The van der Waals surface area contributed by atoms with Crippen molar-refractivity contribution in [2.75, 3.05) is 6.61 Å². The van der Waals surface area contributed by atoms with Crippen LogP contribution >= 0.6 is 0 Å². The van der Waals surface area contributed by atoms with E-state index in [9.17, 15) is 15.3 Å². The highest BCUT2D eigenvalue weighted by atomic mass is 16.4. The molecule has 6 nitrogen and oxygen atoms in total. The highest BCUT2D eigenvalue weighted by Crippen LogP contribution is 2.20. The van der Waals surface area contributed by atoms with Crippen LogP contribution in [0.3, 0.4) is 0 Å². The molecule has 1 aromatic carbocycles. The maximum atomic E-state index is 9.85. The Morgan fingerprint density at radius 1 is 1.28 bits per heavy atom. The molecule has 0 unspecified atom stereocenters. The lowest BCUT2D eigenvalue weighted by atomic mass is 10.1. The first-order valence-corrected chi connectivity index (χ1v) is 5.64. The van der Waals surface area contributed by atoms with Crippen LogP contribution < -0.4 is 0 Å². The Balaban J connectivity index is 2.30. The molecule has 0 bridgehead atoms. The average molecular weight is 252 g/mol. The standard InChI is InChI=1S/C12H16N2O4/c1-6-2-3-7-8(4-6)14-12(13-7)11(18)10(17)9(16)5-15/h2-4,9-11,15-18H,5H2,1H3,(H,13,14)/t9-,10+,11+/m1/s1. The summed E-state index contributed by atoms with van der Waals surface area (Å²) in [4.78, 5) is 7.02. The summed E-state index contributed by atoms with van der Waals surface area (Å²) < 4.78 is 0. The lowest BCUT2D eigenvalue weighted by Gasteiger charge is -2.19. The summed E-state index contributed by atoms with van der Waals surface area (Å²) in [5.74, 6) is 0.163. The molecule has 0 amide bonds. The van der Waals surface area contributed by atoms with E-state index in [2.05, 4.69) is 9.97 Å². The van der Waals surface area contributed by atoms with Crippen LogP contribution in [0.25, 0.3) is 11.0 Å². The molecule has 0 aliphatic rings. The fourth-order valence-electron chi connectivity index (χ4n) is 1.76. The summed E-state index contributed by atoms with van der Waals surface area (Å²) in [6.07, 6.45) is -4.27. The Kier molecular flexibility index (Phi) is 3.63. The SMILES string of the molecule is Cc1ccc2nc([C@@H](O)[C@@H](O)[C@H](O)CO)[nH]c2c1. The van der Waals surface area contributed by atoms with Crippen molar-refractivity contribution in [2.24, 2.45) is 0 Å². The van der Waals surface area contributed by atoms with E-state index >= 15 is 0 Å². The molecule has 0 fully saturated rings. The van der Waals surface area contributed by atoms with Crippen LogP contribution in [-0.4, -0.2) is 49.2 Å². The number of H-pyrrole nitrogens is 1. The van der Waals surface area contributed by atoms with Gasteiger partial charge in [-0.1, -0.05) is 6.07 Å². The van der Waals surface area contributed by atoms with E-state index in [1.165, 1.54) is 0 Å². The molecule has 0 aliphatic heterocycles. The number of hydrogen-bond donors (Lipinski definition) is 5. The second-order valence-electron chi connectivity index (χ2n) is 4.33. The van der Waals surface area contributed by atoms with Gasteiger partial charge in [0.2, 0.25) is 0 Å². The number of rotatable bonds is 4. The molecule has 0 saturated heterocycles. The second-order valence-corrected chi connectivity index (χ2v) is 4.33. The minimum Gasteiger partial charge on any atom is -0.394 e. The minimum atomic E-state index is -1.49. The summed E-state index contributed by atoms with van der Waals surface area (Å²) >= 11 is 0. The lowest BCUT2D eigenvalue weighted by Crippen LogP contribution is -2.35. The van der Waals surface area contributed by atoms with E-state index in [4.69, 9.17) is 5.11 Å². The largest absolute Gasteiger partial charge is 0.394 e. The molecule has 1 aromatic heterocycles. The predicted molar refractivity (Wildman–Crippen MR) is 64.9 cm³/mol. The van der Waals surface area contributed by atoms with E-state index in [1.54, 1.807) is 6.07 Å². The zero-order valence-corrected chi connectivity index (χ0v) is 9.91. The fourth-order valence-corrected chi connectivity index (χ4v) is 1.76. The van der Waals surface area contributed by atoms with E-state index in [-0.39, 0.29) is 5.82 Å². The molecular formula is C12H16N2O4. The van der Waals surface area contributed by atoms with Crippen LogP contribution in [0.4, 0.5) is 0 Å². The number of imidazole rings is 1. The maximum Gasteiger partial charge on any atom is 0.140 e. The summed E-state index contributed by atoms with van der Waals surface area (Å²) in [6, 6.07) is 5.55. The van der Waals surface area contributed by atoms with Crippen LogP contribution in [0.5, 0.6) is 0 Å². The maximum absolute atomic E-state index is 9.85. The van der Waals surface area contributed by atoms with E-state index < -0.39 is 24.9 Å². The van der Waals surface area contributed by atoms with Gasteiger partial charge < -0.3 is 25.4 Å². The summed E-state index contributed by atoms with van der Waals surface area (Å²) in [6.45, 7) is 1.30. The molecule has 0 radical (unpaired) electrons. The smallest absolute Gasteiger partial charge is 0.140 e. The molecule has 2 rings (SSSR count). The quantitative estimate of drug-likeness (QED) is 0.509. The highest BCUT2D eigenvalue weighted by molar-refractivity contribution is 5.75. The van der Waals surface area contributed by atoms with Crippen LogP contribution in [-0.2, 0) is 0 Å². The van der Waals surface area contributed by atoms with Crippen LogP contribution in [0, 0.1) is 6.92 Å². The zero-order chi connectivity index (χ0) is 13.3. The number of nitrogens with zero attached hydrogens (tertiary/aromatic N) is 1. The Morgan fingerprint density at radius 2 is 2.00 bits per heavy atom. The van der Waals surface area contributed by atoms with Crippen LogP contribution in [0.2, 0.25) is 0 Å². The van der Waals surface area contributed by atoms with Crippen molar-refractivity contribution in [3.8, 4) is 0 Å². The molecule has 0 aliphatic carbocycles. The van der Waals surface area contributed by atoms with Gasteiger partial charge in [-0.25, -0.2) is 4.98 Å². The number of fused-ring (bicyclic) bond motifs is 1. The molecule has 0 spiro atoms. The van der Waals surface area contributed by atoms with Gasteiger partial charge in [-0.2, -0.15) is 0 Å². The molecule has 98 valence electrons. The number of nitrogens with one attached hydrogen (secondary N) is 1. The van der Waals surface area contributed by atoms with Gasteiger partial charge in [-0.3, -0.25) is 0 Å².